The van der Waals surface area contributed by atoms with E-state index in [4.69, 9.17) is 4.74 Å². The van der Waals surface area contributed by atoms with E-state index in [1.54, 1.807) is 19.2 Å². The molecule has 1 heterocycles. The lowest BCUT2D eigenvalue weighted by atomic mass is 10.1. The molecule has 0 fully saturated rings. The highest BCUT2D eigenvalue weighted by molar-refractivity contribution is 5.79. The second-order valence-electron chi connectivity index (χ2n) is 7.66. The number of nitrogens with one attached hydrogen (secondary N) is 2. The number of aromatic nitrogens is 1. The predicted molar refractivity (Wildman–Crippen MR) is 124 cm³/mol. The van der Waals surface area contributed by atoms with Crippen molar-refractivity contribution in [2.24, 2.45) is 4.99 Å². The van der Waals surface area contributed by atoms with Gasteiger partial charge >= 0.3 is 0 Å². The molecule has 0 aliphatic rings. The van der Waals surface area contributed by atoms with E-state index in [2.05, 4.69) is 54.6 Å². The zero-order chi connectivity index (χ0) is 21.9. The third-order valence-corrected chi connectivity index (χ3v) is 5.16. The predicted octanol–water partition coefficient (Wildman–Crippen LogP) is 3.79. The second-order valence-corrected chi connectivity index (χ2v) is 7.66. The van der Waals surface area contributed by atoms with E-state index in [1.807, 2.05) is 17.6 Å². The van der Waals surface area contributed by atoms with Gasteiger partial charge in [-0.1, -0.05) is 25.1 Å². The lowest BCUT2D eigenvalue weighted by Crippen LogP contribution is -2.37. The van der Waals surface area contributed by atoms with Crippen LogP contribution in [-0.4, -0.2) is 30.2 Å². The molecule has 0 saturated heterocycles. The summed E-state index contributed by atoms with van der Waals surface area (Å²) in [5, 5.41) is 6.72. The van der Waals surface area contributed by atoms with E-state index in [1.165, 1.54) is 5.56 Å². The average molecular weight is 413 g/mol. The molecule has 1 atom stereocenters. The number of hydrogen-bond acceptors (Lipinski definition) is 3. The Morgan fingerprint density at radius 2 is 1.97 bits per heavy atom. The molecule has 2 rings (SSSR count). The first kappa shape index (κ1) is 23.5. The minimum absolute atomic E-state index is 0.0638. The van der Waals surface area contributed by atoms with Crippen LogP contribution in [0, 0.1) is 13.8 Å². The summed E-state index contributed by atoms with van der Waals surface area (Å²) in [5.74, 6) is 1.69. The van der Waals surface area contributed by atoms with Crippen molar-refractivity contribution in [2.45, 2.75) is 66.2 Å². The van der Waals surface area contributed by atoms with Gasteiger partial charge in [-0.3, -0.25) is 9.79 Å². The number of guanidine groups is 1. The summed E-state index contributed by atoms with van der Waals surface area (Å²) in [6, 6.07) is 11.7. The summed E-state index contributed by atoms with van der Waals surface area (Å²) < 4.78 is 7.91. The fourth-order valence-electron chi connectivity index (χ4n) is 3.13. The van der Waals surface area contributed by atoms with Crippen molar-refractivity contribution < 1.29 is 4.74 Å². The van der Waals surface area contributed by atoms with E-state index >= 15 is 0 Å². The average Bonchev–Trinajstić information content (AvgIpc) is 2.72. The standard InChI is InChI=1S/C24H36N4O2/c1-6-20(4)30-22-16-18(2)12-13-21(22)17-27-24(25-5)26-14-7-8-15-28-19(3)10-9-11-23(28)29/h9-13,16,20H,6-8,14-15,17H2,1-5H3,(H2,25,26,27). The Labute approximate surface area is 180 Å². The van der Waals surface area contributed by atoms with Crippen LogP contribution in [0.5, 0.6) is 5.75 Å². The molecule has 1 unspecified atom stereocenters. The van der Waals surface area contributed by atoms with Crippen LogP contribution in [0.4, 0.5) is 0 Å². The third kappa shape index (κ3) is 7.25. The first-order chi connectivity index (χ1) is 14.4. The molecule has 164 valence electrons. The quantitative estimate of drug-likeness (QED) is 0.354. The van der Waals surface area contributed by atoms with E-state index in [0.29, 0.717) is 6.54 Å². The Morgan fingerprint density at radius 1 is 1.17 bits per heavy atom. The Bertz CT molecular complexity index is 889. The molecule has 30 heavy (non-hydrogen) atoms. The third-order valence-electron chi connectivity index (χ3n) is 5.16. The number of hydrogen-bond donors (Lipinski definition) is 2. The zero-order valence-electron chi connectivity index (χ0n) is 19.0. The Hall–Kier alpha value is -2.76. The van der Waals surface area contributed by atoms with E-state index in [9.17, 15) is 4.79 Å². The summed E-state index contributed by atoms with van der Waals surface area (Å²) in [4.78, 5) is 16.2. The van der Waals surface area contributed by atoms with E-state index in [0.717, 1.165) is 55.3 Å². The Kier molecular flexibility index (Phi) is 9.45. The maximum absolute atomic E-state index is 11.9. The lowest BCUT2D eigenvalue weighted by Gasteiger charge is -2.18. The molecule has 1 aromatic heterocycles. The highest BCUT2D eigenvalue weighted by atomic mass is 16.5. The monoisotopic (exact) mass is 412 g/mol. The van der Waals surface area contributed by atoms with Gasteiger partial charge in [-0.15, -0.1) is 0 Å². The summed E-state index contributed by atoms with van der Waals surface area (Å²) in [5.41, 5.74) is 3.37. The number of pyridine rings is 1. The van der Waals surface area contributed by atoms with Gasteiger partial charge in [-0.2, -0.15) is 0 Å². The molecule has 0 spiro atoms. The maximum atomic E-state index is 11.9. The summed E-state index contributed by atoms with van der Waals surface area (Å²) in [6.07, 6.45) is 3.04. The summed E-state index contributed by atoms with van der Waals surface area (Å²) >= 11 is 0. The van der Waals surface area contributed by atoms with Gasteiger partial charge in [0.15, 0.2) is 5.96 Å². The fraction of sp³-hybridized carbons (Fsp3) is 0.500. The van der Waals surface area contributed by atoms with Crippen LogP contribution in [0.2, 0.25) is 0 Å². The Morgan fingerprint density at radius 3 is 2.67 bits per heavy atom. The summed E-state index contributed by atoms with van der Waals surface area (Å²) in [7, 11) is 1.77. The number of aliphatic imine (C=N–C) groups is 1. The highest BCUT2D eigenvalue weighted by Crippen LogP contribution is 2.22. The minimum atomic E-state index is 0.0638. The zero-order valence-corrected chi connectivity index (χ0v) is 19.0. The number of ether oxygens (including phenoxy) is 1. The van der Waals surface area contributed by atoms with Gasteiger partial charge in [0, 0.05) is 44.0 Å². The van der Waals surface area contributed by atoms with Crippen molar-refractivity contribution in [2.75, 3.05) is 13.6 Å². The van der Waals surface area contributed by atoms with Crippen LogP contribution in [0.1, 0.15) is 49.9 Å². The molecule has 0 radical (unpaired) electrons. The van der Waals surface area contributed by atoms with Crippen LogP contribution < -0.4 is 20.9 Å². The molecule has 6 nitrogen and oxygen atoms in total. The van der Waals surface area contributed by atoms with Crippen molar-refractivity contribution in [1.82, 2.24) is 15.2 Å². The number of rotatable bonds is 10. The van der Waals surface area contributed by atoms with Gasteiger partial charge < -0.3 is 19.9 Å². The van der Waals surface area contributed by atoms with E-state index < -0.39 is 0 Å². The molecule has 0 bridgehead atoms. The van der Waals surface area contributed by atoms with Crippen LogP contribution >= 0.6 is 0 Å². The smallest absolute Gasteiger partial charge is 0.250 e. The number of nitrogens with zero attached hydrogens (tertiary/aromatic N) is 2. The molecular weight excluding hydrogens is 376 g/mol. The van der Waals surface area contributed by atoms with Gasteiger partial charge in [-0.25, -0.2) is 0 Å². The first-order valence-corrected chi connectivity index (χ1v) is 10.8. The summed E-state index contributed by atoms with van der Waals surface area (Å²) in [6.45, 7) is 10.4. The van der Waals surface area contributed by atoms with Crippen LogP contribution in [0.15, 0.2) is 46.2 Å². The molecular formula is C24H36N4O2. The maximum Gasteiger partial charge on any atom is 0.250 e. The van der Waals surface area contributed by atoms with Gasteiger partial charge in [0.1, 0.15) is 5.75 Å². The normalized spacial score (nSPS) is 12.5. The van der Waals surface area contributed by atoms with Gasteiger partial charge in [0.25, 0.3) is 5.56 Å². The fourth-order valence-corrected chi connectivity index (χ4v) is 3.13. The van der Waals surface area contributed by atoms with Gasteiger partial charge in [0.05, 0.1) is 6.10 Å². The highest BCUT2D eigenvalue weighted by Gasteiger charge is 2.09. The van der Waals surface area contributed by atoms with Gasteiger partial charge in [0.2, 0.25) is 0 Å². The molecule has 1 aromatic carbocycles. The van der Waals surface area contributed by atoms with Crippen LogP contribution in [-0.2, 0) is 13.1 Å². The second kappa shape index (κ2) is 12.1. The van der Waals surface area contributed by atoms with Crippen molar-refractivity contribution in [3.63, 3.8) is 0 Å². The number of benzene rings is 1. The van der Waals surface area contributed by atoms with E-state index in [-0.39, 0.29) is 11.7 Å². The van der Waals surface area contributed by atoms with Gasteiger partial charge in [-0.05, 0) is 57.7 Å². The van der Waals surface area contributed by atoms with Crippen molar-refractivity contribution >= 4 is 5.96 Å². The molecule has 2 N–H and O–H groups in total. The molecule has 0 amide bonds. The minimum Gasteiger partial charge on any atom is -0.490 e. The van der Waals surface area contributed by atoms with Crippen molar-refractivity contribution in [3.8, 4) is 5.75 Å². The van der Waals surface area contributed by atoms with Crippen molar-refractivity contribution in [1.29, 1.82) is 0 Å². The molecule has 6 heteroatoms. The first-order valence-electron chi connectivity index (χ1n) is 10.8. The number of unbranched alkanes of at least 4 members (excludes halogenated alkanes) is 1. The Balaban J connectivity index is 1.81. The van der Waals surface area contributed by atoms with Crippen LogP contribution in [0.25, 0.3) is 0 Å². The number of aryl methyl sites for hydroxylation is 2. The largest absolute Gasteiger partial charge is 0.490 e. The molecule has 0 aliphatic carbocycles. The van der Waals surface area contributed by atoms with Crippen molar-refractivity contribution in [3.05, 3.63) is 63.6 Å². The molecule has 0 aliphatic heterocycles. The lowest BCUT2D eigenvalue weighted by molar-refractivity contribution is 0.215. The molecule has 0 saturated carbocycles. The molecule has 2 aromatic rings. The topological polar surface area (TPSA) is 67.7 Å². The van der Waals surface area contributed by atoms with Crippen LogP contribution in [0.3, 0.4) is 0 Å². The SMILES string of the molecule is CCC(C)Oc1cc(C)ccc1CNC(=NC)NCCCCn1c(C)cccc1=O.